The molecule has 0 unspecified atom stereocenters. The highest BCUT2D eigenvalue weighted by atomic mass is 79.9. The highest BCUT2D eigenvalue weighted by Crippen LogP contribution is 2.18. The number of nitrogens with zero attached hydrogens (tertiary/aromatic N) is 1. The van der Waals surface area contributed by atoms with Crippen LogP contribution in [0.25, 0.3) is 0 Å². The van der Waals surface area contributed by atoms with Crippen LogP contribution in [0, 0.1) is 6.92 Å². The maximum atomic E-state index is 12.1. The van der Waals surface area contributed by atoms with Gasteiger partial charge in [0.1, 0.15) is 4.60 Å². The third-order valence-corrected chi connectivity index (χ3v) is 3.39. The molecular formula is C13H10Br2N2O. The van der Waals surface area contributed by atoms with Gasteiger partial charge in [-0.05, 0) is 52.7 Å². The number of pyridine rings is 1. The summed E-state index contributed by atoms with van der Waals surface area (Å²) in [5.74, 6) is -0.141. The SMILES string of the molecule is Cc1ccc(Br)cc1C(=O)Nc1ccc(Br)nc1. The van der Waals surface area contributed by atoms with E-state index in [0.29, 0.717) is 11.3 Å². The second kappa shape index (κ2) is 5.63. The number of aromatic nitrogens is 1. The molecule has 5 heteroatoms. The lowest BCUT2D eigenvalue weighted by molar-refractivity contribution is 0.102. The molecule has 1 aromatic carbocycles. The summed E-state index contributed by atoms with van der Waals surface area (Å²) in [5.41, 5.74) is 2.25. The average Bonchev–Trinajstić information content (AvgIpc) is 2.35. The van der Waals surface area contributed by atoms with Crippen molar-refractivity contribution in [2.45, 2.75) is 6.92 Å². The Hall–Kier alpha value is -1.20. The predicted octanol–water partition coefficient (Wildman–Crippen LogP) is 4.17. The summed E-state index contributed by atoms with van der Waals surface area (Å²) in [5, 5.41) is 2.81. The molecule has 92 valence electrons. The van der Waals surface area contributed by atoms with E-state index in [4.69, 9.17) is 0 Å². The van der Waals surface area contributed by atoms with Crippen LogP contribution in [0.2, 0.25) is 0 Å². The van der Waals surface area contributed by atoms with Gasteiger partial charge in [-0.15, -0.1) is 0 Å². The Kier molecular flexibility index (Phi) is 4.14. The number of hydrogen-bond acceptors (Lipinski definition) is 2. The van der Waals surface area contributed by atoms with Crippen molar-refractivity contribution in [2.75, 3.05) is 5.32 Å². The number of rotatable bonds is 2. The minimum absolute atomic E-state index is 0.141. The predicted molar refractivity (Wildman–Crippen MR) is 78.8 cm³/mol. The molecule has 1 N–H and O–H groups in total. The summed E-state index contributed by atoms with van der Waals surface area (Å²) in [6.07, 6.45) is 1.61. The molecule has 3 nitrogen and oxygen atoms in total. The van der Waals surface area contributed by atoms with E-state index < -0.39 is 0 Å². The van der Waals surface area contributed by atoms with Crippen molar-refractivity contribution in [1.82, 2.24) is 4.98 Å². The number of hydrogen-bond donors (Lipinski definition) is 1. The number of anilines is 1. The van der Waals surface area contributed by atoms with Crippen molar-refractivity contribution >= 4 is 43.5 Å². The van der Waals surface area contributed by atoms with Gasteiger partial charge in [0.2, 0.25) is 0 Å². The summed E-state index contributed by atoms with van der Waals surface area (Å²) >= 11 is 6.61. The van der Waals surface area contributed by atoms with Gasteiger partial charge in [-0.1, -0.05) is 22.0 Å². The lowest BCUT2D eigenvalue weighted by Crippen LogP contribution is -2.13. The van der Waals surface area contributed by atoms with Crippen LogP contribution >= 0.6 is 31.9 Å². The molecule has 18 heavy (non-hydrogen) atoms. The van der Waals surface area contributed by atoms with Crippen LogP contribution in [-0.4, -0.2) is 10.9 Å². The molecule has 0 aliphatic rings. The Balaban J connectivity index is 2.21. The first-order valence-electron chi connectivity index (χ1n) is 5.25. The molecule has 0 aliphatic heterocycles. The number of halogens is 2. The molecule has 0 saturated carbocycles. The van der Waals surface area contributed by atoms with Crippen molar-refractivity contribution in [3.8, 4) is 0 Å². The standard InChI is InChI=1S/C13H10Br2N2O/c1-8-2-3-9(14)6-11(8)13(18)17-10-4-5-12(15)16-7-10/h2-7H,1H3,(H,17,18). The van der Waals surface area contributed by atoms with Gasteiger partial charge >= 0.3 is 0 Å². The third-order valence-electron chi connectivity index (χ3n) is 2.43. The van der Waals surface area contributed by atoms with Crippen LogP contribution in [0.15, 0.2) is 45.6 Å². The fourth-order valence-electron chi connectivity index (χ4n) is 1.49. The van der Waals surface area contributed by atoms with Crippen molar-refractivity contribution < 1.29 is 4.79 Å². The quantitative estimate of drug-likeness (QED) is 0.807. The molecule has 0 saturated heterocycles. The molecule has 0 radical (unpaired) electrons. The van der Waals surface area contributed by atoms with Gasteiger partial charge in [0.05, 0.1) is 11.9 Å². The summed E-state index contributed by atoms with van der Waals surface area (Å²) in [4.78, 5) is 16.2. The highest BCUT2D eigenvalue weighted by Gasteiger charge is 2.09. The monoisotopic (exact) mass is 368 g/mol. The smallest absolute Gasteiger partial charge is 0.256 e. The van der Waals surface area contributed by atoms with E-state index in [0.717, 1.165) is 14.6 Å². The Bertz CT molecular complexity index is 582. The molecule has 1 amide bonds. The highest BCUT2D eigenvalue weighted by molar-refractivity contribution is 9.10. The molecule has 1 aromatic heterocycles. The van der Waals surface area contributed by atoms with Crippen molar-refractivity contribution in [1.29, 1.82) is 0 Å². The minimum Gasteiger partial charge on any atom is -0.321 e. The molecule has 0 aliphatic carbocycles. The number of carbonyl (C=O) groups is 1. The van der Waals surface area contributed by atoms with Crippen LogP contribution in [-0.2, 0) is 0 Å². The zero-order valence-corrected chi connectivity index (χ0v) is 12.7. The fourth-order valence-corrected chi connectivity index (χ4v) is 2.08. The molecule has 0 atom stereocenters. The Morgan fingerprint density at radius 2 is 2.00 bits per heavy atom. The number of aryl methyl sites for hydroxylation is 1. The van der Waals surface area contributed by atoms with Gasteiger partial charge in [0, 0.05) is 10.0 Å². The molecular weight excluding hydrogens is 360 g/mol. The molecule has 1 heterocycles. The van der Waals surface area contributed by atoms with Gasteiger partial charge < -0.3 is 5.32 Å². The van der Waals surface area contributed by atoms with E-state index in [9.17, 15) is 4.79 Å². The summed E-state index contributed by atoms with van der Waals surface area (Å²) < 4.78 is 1.62. The van der Waals surface area contributed by atoms with Gasteiger partial charge in [0.25, 0.3) is 5.91 Å². The molecule has 0 fully saturated rings. The molecule has 0 spiro atoms. The second-order valence-corrected chi connectivity index (χ2v) is 5.51. The molecule has 0 bridgehead atoms. The largest absolute Gasteiger partial charge is 0.321 e. The lowest BCUT2D eigenvalue weighted by Gasteiger charge is -2.08. The number of amides is 1. The van der Waals surface area contributed by atoms with E-state index in [1.807, 2.05) is 19.1 Å². The number of benzene rings is 1. The fraction of sp³-hybridized carbons (Fsp3) is 0.0769. The topological polar surface area (TPSA) is 42.0 Å². The van der Waals surface area contributed by atoms with Gasteiger partial charge in [-0.25, -0.2) is 4.98 Å². The first-order chi connectivity index (χ1) is 8.56. The van der Waals surface area contributed by atoms with Gasteiger partial charge in [-0.2, -0.15) is 0 Å². The van der Waals surface area contributed by atoms with Crippen molar-refractivity contribution in [2.24, 2.45) is 0 Å². The van der Waals surface area contributed by atoms with Crippen LogP contribution in [0.3, 0.4) is 0 Å². The molecule has 2 rings (SSSR count). The molecule has 2 aromatic rings. The normalized spacial score (nSPS) is 10.2. The maximum Gasteiger partial charge on any atom is 0.256 e. The first-order valence-corrected chi connectivity index (χ1v) is 6.84. The number of nitrogens with one attached hydrogen (secondary N) is 1. The van der Waals surface area contributed by atoms with E-state index in [-0.39, 0.29) is 5.91 Å². The Morgan fingerprint density at radius 3 is 2.67 bits per heavy atom. The van der Waals surface area contributed by atoms with E-state index in [1.165, 1.54) is 0 Å². The van der Waals surface area contributed by atoms with Crippen LogP contribution in [0.5, 0.6) is 0 Å². The summed E-state index contributed by atoms with van der Waals surface area (Å²) in [7, 11) is 0. The van der Waals surface area contributed by atoms with Gasteiger partial charge in [-0.3, -0.25) is 4.79 Å². The minimum atomic E-state index is -0.141. The zero-order valence-electron chi connectivity index (χ0n) is 9.58. The van der Waals surface area contributed by atoms with Crippen LogP contribution in [0.4, 0.5) is 5.69 Å². The van der Waals surface area contributed by atoms with Crippen LogP contribution in [0.1, 0.15) is 15.9 Å². The van der Waals surface area contributed by atoms with E-state index in [2.05, 4.69) is 42.2 Å². The van der Waals surface area contributed by atoms with E-state index >= 15 is 0 Å². The summed E-state index contributed by atoms with van der Waals surface area (Å²) in [6, 6.07) is 9.19. The Labute approximate surface area is 122 Å². The Morgan fingerprint density at radius 1 is 1.22 bits per heavy atom. The zero-order chi connectivity index (χ0) is 13.1. The number of carbonyl (C=O) groups excluding carboxylic acids is 1. The average molecular weight is 370 g/mol. The third kappa shape index (κ3) is 3.17. The summed E-state index contributed by atoms with van der Waals surface area (Å²) in [6.45, 7) is 1.90. The van der Waals surface area contributed by atoms with Crippen LogP contribution < -0.4 is 5.32 Å². The first kappa shape index (κ1) is 13.2. The maximum absolute atomic E-state index is 12.1. The van der Waals surface area contributed by atoms with Crippen molar-refractivity contribution in [3.05, 3.63) is 56.7 Å². The van der Waals surface area contributed by atoms with Gasteiger partial charge in [0.15, 0.2) is 0 Å². The lowest BCUT2D eigenvalue weighted by atomic mass is 10.1. The second-order valence-electron chi connectivity index (χ2n) is 3.78. The van der Waals surface area contributed by atoms with E-state index in [1.54, 1.807) is 24.4 Å². The van der Waals surface area contributed by atoms with Crippen molar-refractivity contribution in [3.63, 3.8) is 0 Å².